The van der Waals surface area contributed by atoms with Gasteiger partial charge in [0.2, 0.25) is 0 Å². The molecule has 1 N–H and O–H groups in total. The van der Waals surface area contributed by atoms with E-state index < -0.39 is 6.09 Å². The van der Waals surface area contributed by atoms with Crippen LogP contribution in [-0.2, 0) is 4.74 Å². The summed E-state index contributed by atoms with van der Waals surface area (Å²) in [6.07, 6.45) is -0.691. The number of carbonyl (C=O) groups is 1. The number of pyridine rings is 1. The summed E-state index contributed by atoms with van der Waals surface area (Å²) < 4.78 is 4.81. The Bertz CT molecular complexity index is 330. The van der Waals surface area contributed by atoms with Gasteiger partial charge in [-0.3, -0.25) is 0 Å². The molecule has 0 fully saturated rings. The number of hydrogen-bond acceptors (Lipinski definition) is 4. The number of nitrogens with zero attached hydrogens (tertiary/aromatic N) is 1. The van der Waals surface area contributed by atoms with Crippen LogP contribution in [0.1, 0.15) is 0 Å². The number of methoxy groups -OCH3 is 1. The molecule has 0 saturated heterocycles. The first-order valence-corrected chi connectivity index (χ1v) is 3.86. The van der Waals surface area contributed by atoms with Crippen molar-refractivity contribution in [2.45, 2.75) is 5.03 Å². The van der Waals surface area contributed by atoms with Gasteiger partial charge in [0.1, 0.15) is 0 Å². The van der Waals surface area contributed by atoms with Gasteiger partial charge in [-0.25, -0.2) is 4.73 Å². The van der Waals surface area contributed by atoms with E-state index in [1.165, 1.54) is 19.2 Å². The maximum atomic E-state index is 11.2. The van der Waals surface area contributed by atoms with Crippen molar-refractivity contribution in [1.82, 2.24) is 0 Å². The zero-order chi connectivity index (χ0) is 9.84. The maximum Gasteiger partial charge on any atom is 0.504 e. The Balaban J connectivity index is 2.89. The third-order valence-electron chi connectivity index (χ3n) is 1.34. The highest BCUT2D eigenvalue weighted by atomic mass is 32.1. The highest BCUT2D eigenvalue weighted by Gasteiger charge is 2.11. The monoisotopic (exact) mass is 200 g/mol. The molecule has 0 aliphatic rings. The van der Waals surface area contributed by atoms with E-state index in [-0.39, 0.29) is 10.8 Å². The summed E-state index contributed by atoms with van der Waals surface area (Å²) >= 11 is 3.88. The molecule has 70 valence electrons. The van der Waals surface area contributed by atoms with Crippen LogP contribution >= 0.6 is 12.6 Å². The van der Waals surface area contributed by atoms with Crippen LogP contribution < -0.4 is 10.0 Å². The molecule has 1 aromatic heterocycles. The molecule has 0 bridgehead atoms. The first-order valence-electron chi connectivity index (χ1n) is 3.41. The van der Waals surface area contributed by atoms with E-state index in [1.807, 2.05) is 0 Å². The summed E-state index contributed by atoms with van der Waals surface area (Å²) in [5, 5.41) is 13.6. The number of rotatable bonds is 1. The van der Waals surface area contributed by atoms with Crippen molar-refractivity contribution >= 4 is 24.5 Å². The topological polar surface area (TPSA) is 65.3 Å². The fraction of sp³-hybridized carbons (Fsp3) is 0.143. The predicted octanol–water partition coefficient (Wildman–Crippen LogP) is 0.787. The molecule has 6 heteroatoms. The molecule has 0 spiro atoms. The normalized spacial score (nSPS) is 9.38. The molecule has 0 aliphatic heterocycles. The highest BCUT2D eigenvalue weighted by molar-refractivity contribution is 7.80. The molecular formula is C7H8N2O3S. The number of ether oxygens (including phenoxy) is 1. The maximum absolute atomic E-state index is 11.2. The van der Waals surface area contributed by atoms with E-state index in [2.05, 4.69) is 22.7 Å². The SMILES string of the molecule is COC(=O)Nc1cccc(S)[n+]1[O-]. The van der Waals surface area contributed by atoms with Crippen molar-refractivity contribution in [3.63, 3.8) is 0 Å². The molecule has 0 atom stereocenters. The fourth-order valence-corrected chi connectivity index (χ4v) is 0.926. The van der Waals surface area contributed by atoms with Gasteiger partial charge in [0, 0.05) is 6.07 Å². The summed E-state index contributed by atoms with van der Waals surface area (Å²) in [5.74, 6) is 0.0827. The van der Waals surface area contributed by atoms with Gasteiger partial charge in [-0.15, -0.1) is 12.6 Å². The van der Waals surface area contributed by atoms with Gasteiger partial charge < -0.3 is 9.94 Å². The lowest BCUT2D eigenvalue weighted by Crippen LogP contribution is -2.34. The van der Waals surface area contributed by atoms with Gasteiger partial charge in [-0.05, 0) is 12.1 Å². The average Bonchev–Trinajstić information content (AvgIpc) is 2.13. The highest BCUT2D eigenvalue weighted by Crippen LogP contribution is 2.04. The van der Waals surface area contributed by atoms with Gasteiger partial charge >= 0.3 is 6.09 Å². The molecule has 0 aromatic carbocycles. The Morgan fingerprint density at radius 2 is 2.38 bits per heavy atom. The Kier molecular flexibility index (Phi) is 2.97. The lowest BCUT2D eigenvalue weighted by atomic mass is 10.4. The molecule has 0 saturated carbocycles. The van der Waals surface area contributed by atoms with Crippen molar-refractivity contribution < 1.29 is 14.3 Å². The second kappa shape index (κ2) is 3.99. The zero-order valence-corrected chi connectivity index (χ0v) is 7.75. The molecule has 1 rings (SSSR count). The Morgan fingerprint density at radius 3 is 3.00 bits per heavy atom. The van der Waals surface area contributed by atoms with Gasteiger partial charge in [0.05, 0.1) is 7.11 Å². The Hall–Kier alpha value is -1.43. The van der Waals surface area contributed by atoms with Gasteiger partial charge in [0.25, 0.3) is 5.82 Å². The van der Waals surface area contributed by atoms with Crippen LogP contribution in [-0.4, -0.2) is 13.2 Å². The minimum Gasteiger partial charge on any atom is -0.710 e. The van der Waals surface area contributed by atoms with Gasteiger partial charge in [-0.1, -0.05) is 0 Å². The first-order chi connectivity index (χ1) is 6.15. The van der Waals surface area contributed by atoms with E-state index in [4.69, 9.17) is 0 Å². The predicted molar refractivity (Wildman–Crippen MR) is 48.7 cm³/mol. The molecule has 1 amide bonds. The van der Waals surface area contributed by atoms with Crippen LogP contribution in [0.2, 0.25) is 0 Å². The van der Waals surface area contributed by atoms with Crippen molar-refractivity contribution in [3.8, 4) is 0 Å². The Morgan fingerprint density at radius 1 is 1.69 bits per heavy atom. The molecule has 0 aliphatic carbocycles. The fourth-order valence-electron chi connectivity index (χ4n) is 0.732. The Labute approximate surface area is 80.3 Å². The van der Waals surface area contributed by atoms with E-state index >= 15 is 0 Å². The zero-order valence-electron chi connectivity index (χ0n) is 6.85. The van der Waals surface area contributed by atoms with Gasteiger partial charge in [-0.2, -0.15) is 10.1 Å². The second-order valence-corrected chi connectivity index (χ2v) is 2.64. The third-order valence-corrected chi connectivity index (χ3v) is 1.67. The van der Waals surface area contributed by atoms with Crippen LogP contribution in [0, 0.1) is 5.21 Å². The second-order valence-electron chi connectivity index (χ2n) is 2.18. The largest absolute Gasteiger partial charge is 0.710 e. The molecule has 1 aromatic rings. The van der Waals surface area contributed by atoms with E-state index in [1.54, 1.807) is 6.07 Å². The van der Waals surface area contributed by atoms with Crippen LogP contribution in [0.4, 0.5) is 10.6 Å². The van der Waals surface area contributed by atoms with E-state index in [0.29, 0.717) is 4.73 Å². The summed E-state index contributed by atoms with van der Waals surface area (Å²) in [7, 11) is 1.22. The molecule has 0 radical (unpaired) electrons. The van der Waals surface area contributed by atoms with Crippen LogP contribution in [0.5, 0.6) is 0 Å². The summed E-state index contributed by atoms with van der Waals surface area (Å²) in [6, 6.07) is 4.56. The number of nitrogens with one attached hydrogen (secondary N) is 1. The average molecular weight is 200 g/mol. The number of amides is 1. The standard InChI is InChI=1S/C7H8N2O3S/c1-12-7(10)8-5-3-2-4-6(13)9(5)11/h2-4,13H,1H3,(H,8,10). The molecule has 1 heterocycles. The van der Waals surface area contributed by atoms with Crippen LogP contribution in [0.3, 0.4) is 0 Å². The van der Waals surface area contributed by atoms with Crippen molar-refractivity contribution in [2.24, 2.45) is 0 Å². The summed E-state index contributed by atoms with van der Waals surface area (Å²) in [5.41, 5.74) is 0. The van der Waals surface area contributed by atoms with Gasteiger partial charge in [0.15, 0.2) is 5.03 Å². The summed E-state index contributed by atoms with van der Waals surface area (Å²) in [4.78, 5) is 10.7. The van der Waals surface area contributed by atoms with E-state index in [0.717, 1.165) is 0 Å². The first kappa shape index (κ1) is 9.66. The number of anilines is 1. The molecular weight excluding hydrogens is 192 g/mol. The lowest BCUT2D eigenvalue weighted by molar-refractivity contribution is -0.630. The van der Waals surface area contributed by atoms with Crippen LogP contribution in [0.15, 0.2) is 23.2 Å². The molecule has 5 nitrogen and oxygen atoms in total. The number of hydrogen-bond donors (Lipinski definition) is 2. The van der Waals surface area contributed by atoms with Crippen LogP contribution in [0.25, 0.3) is 0 Å². The number of aromatic nitrogens is 1. The minimum atomic E-state index is -0.691. The van der Waals surface area contributed by atoms with Crippen molar-refractivity contribution in [1.29, 1.82) is 0 Å². The third kappa shape index (κ3) is 2.25. The van der Waals surface area contributed by atoms with Crippen molar-refractivity contribution in [3.05, 3.63) is 23.4 Å². The minimum absolute atomic E-state index is 0.0827. The number of thiol groups is 1. The number of carbonyl (C=O) groups excluding carboxylic acids is 1. The van der Waals surface area contributed by atoms with E-state index in [9.17, 15) is 10.0 Å². The smallest absolute Gasteiger partial charge is 0.504 e. The molecule has 13 heavy (non-hydrogen) atoms. The lowest BCUT2D eigenvalue weighted by Gasteiger charge is -2.08. The summed E-state index contributed by atoms with van der Waals surface area (Å²) in [6.45, 7) is 0. The molecule has 0 unspecified atom stereocenters. The van der Waals surface area contributed by atoms with Crippen molar-refractivity contribution in [2.75, 3.05) is 12.4 Å². The quantitative estimate of drug-likeness (QED) is 0.400.